The highest BCUT2D eigenvalue weighted by molar-refractivity contribution is 9.10. The summed E-state index contributed by atoms with van der Waals surface area (Å²) in [6.45, 7) is 2.02. The van der Waals surface area contributed by atoms with E-state index in [0.29, 0.717) is 33.0 Å². The molecular formula is C40H39BrO5. The molecule has 6 heteroatoms. The fourth-order valence-electron chi connectivity index (χ4n) is 5.74. The largest absolute Gasteiger partial charge is 0.374 e. The second-order valence-corrected chi connectivity index (χ2v) is 12.4. The van der Waals surface area contributed by atoms with Crippen LogP contribution in [0.5, 0.6) is 0 Å². The molecule has 0 radical (unpaired) electrons. The van der Waals surface area contributed by atoms with Gasteiger partial charge in [-0.3, -0.25) is 0 Å². The number of ether oxygens (including phenoxy) is 5. The fourth-order valence-corrected chi connectivity index (χ4v) is 6.16. The first-order valence-corrected chi connectivity index (χ1v) is 16.5. The van der Waals surface area contributed by atoms with Crippen molar-refractivity contribution in [2.24, 2.45) is 0 Å². The van der Waals surface area contributed by atoms with E-state index in [1.54, 1.807) is 0 Å². The number of halogens is 1. The van der Waals surface area contributed by atoms with Crippen molar-refractivity contribution in [3.8, 4) is 0 Å². The molecule has 5 aromatic carbocycles. The molecule has 0 spiro atoms. The molecule has 1 fully saturated rings. The van der Waals surface area contributed by atoms with Gasteiger partial charge in [-0.15, -0.1) is 0 Å². The van der Waals surface area contributed by atoms with Crippen LogP contribution in [0.4, 0.5) is 0 Å². The molecule has 5 atom stereocenters. The van der Waals surface area contributed by atoms with E-state index in [4.69, 9.17) is 23.7 Å². The summed E-state index contributed by atoms with van der Waals surface area (Å²) in [5.74, 6) is 0. The Hall–Kier alpha value is -3.62. The van der Waals surface area contributed by atoms with E-state index in [9.17, 15) is 0 Å². The summed E-state index contributed by atoms with van der Waals surface area (Å²) in [6.07, 6.45) is -2.25. The maximum atomic E-state index is 6.97. The van der Waals surface area contributed by atoms with E-state index in [-0.39, 0.29) is 0 Å². The van der Waals surface area contributed by atoms with Crippen molar-refractivity contribution in [2.75, 3.05) is 6.61 Å². The lowest BCUT2D eigenvalue weighted by molar-refractivity contribution is -0.275. The molecule has 1 aliphatic rings. The Bertz CT molecular complexity index is 1590. The van der Waals surface area contributed by atoms with E-state index in [1.165, 1.54) is 0 Å². The van der Waals surface area contributed by atoms with Crippen LogP contribution in [0.1, 0.15) is 33.9 Å². The number of benzene rings is 5. The Morgan fingerprint density at radius 3 is 1.43 bits per heavy atom. The highest BCUT2D eigenvalue weighted by Crippen LogP contribution is 2.39. The molecule has 0 amide bonds. The minimum Gasteiger partial charge on any atom is -0.374 e. The highest BCUT2D eigenvalue weighted by atomic mass is 79.9. The van der Waals surface area contributed by atoms with E-state index in [2.05, 4.69) is 76.6 Å². The third kappa shape index (κ3) is 9.01. The van der Waals surface area contributed by atoms with Crippen LogP contribution >= 0.6 is 15.9 Å². The molecule has 1 saturated heterocycles. The van der Waals surface area contributed by atoms with Crippen LogP contribution in [-0.2, 0) is 50.1 Å². The zero-order valence-electron chi connectivity index (χ0n) is 25.7. The molecule has 1 unspecified atom stereocenters. The Balaban J connectivity index is 1.34. The molecule has 5 aromatic rings. The Morgan fingerprint density at radius 1 is 0.478 bits per heavy atom. The van der Waals surface area contributed by atoms with Crippen molar-refractivity contribution >= 4 is 15.9 Å². The lowest BCUT2D eigenvalue weighted by atomic mass is 9.90. The molecule has 236 valence electrons. The average Bonchev–Trinajstić information content (AvgIpc) is 3.11. The minimum absolute atomic E-state index is 0.329. The number of rotatable bonds is 14. The molecule has 6 rings (SSSR count). The summed E-state index contributed by atoms with van der Waals surface area (Å²) in [5, 5.41) is 0. The van der Waals surface area contributed by atoms with Crippen LogP contribution in [0.25, 0.3) is 0 Å². The van der Waals surface area contributed by atoms with Gasteiger partial charge in [0.15, 0.2) is 0 Å². The fraction of sp³-hybridized carbons (Fsp3) is 0.250. The molecule has 1 heterocycles. The zero-order chi connectivity index (χ0) is 31.4. The molecule has 46 heavy (non-hydrogen) atoms. The van der Waals surface area contributed by atoms with Gasteiger partial charge in [-0.05, 0) is 39.9 Å². The summed E-state index contributed by atoms with van der Waals surface area (Å²) in [4.78, 5) is 0. The first kappa shape index (κ1) is 32.3. The van der Waals surface area contributed by atoms with Gasteiger partial charge in [-0.2, -0.15) is 0 Å². The van der Waals surface area contributed by atoms with Crippen molar-refractivity contribution in [1.29, 1.82) is 0 Å². The summed E-state index contributed by atoms with van der Waals surface area (Å²) in [6, 6.07) is 49.0. The molecule has 0 N–H and O–H groups in total. The van der Waals surface area contributed by atoms with Gasteiger partial charge in [0.05, 0.1) is 33.0 Å². The SMILES string of the molecule is Brc1cccc([C@@H]2OC(COCc3ccccc3)[C@@H](OCc3ccccc3)[C@H](OCc3ccccc3)[C@H]2OCc2ccccc2)c1. The van der Waals surface area contributed by atoms with Crippen LogP contribution < -0.4 is 0 Å². The first-order valence-electron chi connectivity index (χ1n) is 15.7. The Kier molecular flexibility index (Phi) is 11.8. The maximum Gasteiger partial charge on any atom is 0.117 e. The van der Waals surface area contributed by atoms with Crippen molar-refractivity contribution in [1.82, 2.24) is 0 Å². The van der Waals surface area contributed by atoms with Crippen molar-refractivity contribution in [3.63, 3.8) is 0 Å². The highest BCUT2D eigenvalue weighted by Gasteiger charge is 2.49. The summed E-state index contributed by atoms with van der Waals surface area (Å²) in [7, 11) is 0. The van der Waals surface area contributed by atoms with Crippen molar-refractivity contribution in [3.05, 3.63) is 178 Å². The van der Waals surface area contributed by atoms with Gasteiger partial charge in [0.25, 0.3) is 0 Å². The van der Waals surface area contributed by atoms with Crippen molar-refractivity contribution < 1.29 is 23.7 Å². The Labute approximate surface area is 280 Å². The molecule has 1 aliphatic heterocycles. The van der Waals surface area contributed by atoms with E-state index < -0.39 is 30.5 Å². The predicted octanol–water partition coefficient (Wildman–Crippen LogP) is 8.86. The van der Waals surface area contributed by atoms with Gasteiger partial charge in [0.1, 0.15) is 30.5 Å². The summed E-state index contributed by atoms with van der Waals surface area (Å²) in [5.41, 5.74) is 5.32. The Morgan fingerprint density at radius 2 is 0.935 bits per heavy atom. The lowest BCUT2D eigenvalue weighted by Crippen LogP contribution is -2.58. The zero-order valence-corrected chi connectivity index (χ0v) is 27.3. The lowest BCUT2D eigenvalue weighted by Gasteiger charge is -2.46. The van der Waals surface area contributed by atoms with E-state index in [0.717, 1.165) is 32.3 Å². The third-order valence-corrected chi connectivity index (χ3v) is 8.55. The molecular weight excluding hydrogens is 640 g/mol. The van der Waals surface area contributed by atoms with Gasteiger partial charge in [0, 0.05) is 4.47 Å². The molecule has 0 aromatic heterocycles. The first-order chi connectivity index (χ1) is 22.7. The van der Waals surface area contributed by atoms with Crippen LogP contribution in [0, 0.1) is 0 Å². The molecule has 0 aliphatic carbocycles. The van der Waals surface area contributed by atoms with E-state index in [1.807, 2.05) is 84.9 Å². The predicted molar refractivity (Wildman–Crippen MR) is 183 cm³/mol. The van der Waals surface area contributed by atoms with E-state index >= 15 is 0 Å². The van der Waals surface area contributed by atoms with Gasteiger partial charge < -0.3 is 23.7 Å². The van der Waals surface area contributed by atoms with Crippen LogP contribution in [-0.4, -0.2) is 31.0 Å². The second-order valence-electron chi connectivity index (χ2n) is 11.4. The molecule has 0 bridgehead atoms. The van der Waals surface area contributed by atoms with Crippen LogP contribution in [0.15, 0.2) is 150 Å². The monoisotopic (exact) mass is 678 g/mol. The van der Waals surface area contributed by atoms with Crippen molar-refractivity contribution in [2.45, 2.75) is 56.9 Å². The van der Waals surface area contributed by atoms with Gasteiger partial charge in [-0.25, -0.2) is 0 Å². The average molecular weight is 680 g/mol. The standard InChI is InChI=1S/C40H39BrO5/c41-35-23-13-22-34(24-35)37-39(44-27-32-18-9-3-10-19-32)40(45-28-33-20-11-4-12-21-33)38(43-26-31-16-7-2-8-17-31)36(46-37)29-42-25-30-14-5-1-6-15-30/h1-24,36-40H,25-29H2/t36?,37-,38+,39-,40-/m0/s1. The molecule has 0 saturated carbocycles. The van der Waals surface area contributed by atoms with Gasteiger partial charge in [0.2, 0.25) is 0 Å². The van der Waals surface area contributed by atoms with Crippen LogP contribution in [0.3, 0.4) is 0 Å². The number of hydrogen-bond donors (Lipinski definition) is 0. The topological polar surface area (TPSA) is 46.2 Å². The normalized spacial score (nSPS) is 21.2. The smallest absolute Gasteiger partial charge is 0.117 e. The third-order valence-electron chi connectivity index (χ3n) is 8.06. The maximum absolute atomic E-state index is 6.97. The van der Waals surface area contributed by atoms with Crippen LogP contribution in [0.2, 0.25) is 0 Å². The molecule has 5 nitrogen and oxygen atoms in total. The minimum atomic E-state index is -0.469. The second kappa shape index (κ2) is 16.8. The van der Waals surface area contributed by atoms with Gasteiger partial charge >= 0.3 is 0 Å². The number of hydrogen-bond acceptors (Lipinski definition) is 5. The quantitative estimate of drug-likeness (QED) is 0.117. The summed E-state index contributed by atoms with van der Waals surface area (Å²) < 4.78 is 34.7. The summed E-state index contributed by atoms with van der Waals surface area (Å²) >= 11 is 3.67. The van der Waals surface area contributed by atoms with Gasteiger partial charge in [-0.1, -0.05) is 149 Å².